The van der Waals surface area contributed by atoms with Crippen LogP contribution in [0.1, 0.15) is 174 Å². The van der Waals surface area contributed by atoms with Crippen molar-refractivity contribution in [2.24, 2.45) is 4.99 Å². The standard InChI is InChI=1S/C40H66N2O2/c1-3-5-7-9-11-13-15-17-19-21-23-27-33-43-39-31-30-37(42-36-38-29-25-26-32-41-38)35-40(39)44-34-28-24-22-20-18-16-14-12-10-8-6-4-2/h25-26,29-32,35-36H,3-24,27-28,33-34H2,1-2H3. The number of benzene rings is 1. The van der Waals surface area contributed by atoms with Gasteiger partial charge in [0.15, 0.2) is 11.5 Å². The van der Waals surface area contributed by atoms with Gasteiger partial charge in [-0.25, -0.2) is 0 Å². The smallest absolute Gasteiger partial charge is 0.163 e. The molecular weight excluding hydrogens is 540 g/mol. The van der Waals surface area contributed by atoms with Gasteiger partial charge in [-0.1, -0.05) is 161 Å². The molecule has 2 rings (SSSR count). The summed E-state index contributed by atoms with van der Waals surface area (Å²) >= 11 is 0. The number of pyridine rings is 1. The second-order valence-electron chi connectivity index (χ2n) is 12.6. The van der Waals surface area contributed by atoms with E-state index in [9.17, 15) is 0 Å². The molecule has 0 spiro atoms. The summed E-state index contributed by atoms with van der Waals surface area (Å²) in [5.41, 5.74) is 1.71. The Hall–Kier alpha value is -2.36. The summed E-state index contributed by atoms with van der Waals surface area (Å²) in [6.07, 6.45) is 35.9. The first-order chi connectivity index (χ1) is 21.8. The number of ether oxygens (including phenoxy) is 2. The number of hydrogen-bond acceptors (Lipinski definition) is 4. The molecule has 0 bridgehead atoms. The molecule has 0 N–H and O–H groups in total. The largest absolute Gasteiger partial charge is 0.490 e. The molecule has 4 nitrogen and oxygen atoms in total. The van der Waals surface area contributed by atoms with Crippen LogP contribution in [0.3, 0.4) is 0 Å². The van der Waals surface area contributed by atoms with Gasteiger partial charge in [-0.05, 0) is 37.1 Å². The summed E-state index contributed by atoms with van der Waals surface area (Å²) in [7, 11) is 0. The first-order valence-electron chi connectivity index (χ1n) is 18.7. The van der Waals surface area contributed by atoms with Crippen molar-refractivity contribution in [1.29, 1.82) is 0 Å². The van der Waals surface area contributed by atoms with E-state index in [2.05, 4.69) is 23.8 Å². The molecule has 0 aliphatic carbocycles. The lowest BCUT2D eigenvalue weighted by atomic mass is 10.1. The molecule has 1 aromatic heterocycles. The summed E-state index contributed by atoms with van der Waals surface area (Å²) in [6.45, 7) is 6.04. The highest BCUT2D eigenvalue weighted by Crippen LogP contribution is 2.32. The van der Waals surface area contributed by atoms with Gasteiger partial charge in [0.1, 0.15) is 0 Å². The fraction of sp³-hybridized carbons (Fsp3) is 0.700. The van der Waals surface area contributed by atoms with Crippen molar-refractivity contribution in [2.45, 2.75) is 168 Å². The van der Waals surface area contributed by atoms with Crippen LogP contribution in [0.4, 0.5) is 5.69 Å². The van der Waals surface area contributed by atoms with Gasteiger partial charge < -0.3 is 9.47 Å². The zero-order chi connectivity index (χ0) is 31.2. The number of hydrogen-bond donors (Lipinski definition) is 0. The molecular formula is C40H66N2O2. The summed E-state index contributed by atoms with van der Waals surface area (Å²) in [5.74, 6) is 1.64. The van der Waals surface area contributed by atoms with Crippen LogP contribution < -0.4 is 9.47 Å². The molecule has 0 aliphatic rings. The van der Waals surface area contributed by atoms with Gasteiger partial charge in [-0.15, -0.1) is 0 Å². The number of nitrogens with zero attached hydrogens (tertiary/aromatic N) is 2. The lowest BCUT2D eigenvalue weighted by Gasteiger charge is -2.14. The van der Waals surface area contributed by atoms with Crippen LogP contribution in [0, 0.1) is 0 Å². The second kappa shape index (κ2) is 28.1. The monoisotopic (exact) mass is 607 g/mol. The van der Waals surface area contributed by atoms with Gasteiger partial charge in [-0.2, -0.15) is 0 Å². The SMILES string of the molecule is CCCCCCCCCCCCCCOc1ccc(N=Cc2ccccn2)cc1OCCCCCCCCCCCCCC. The molecule has 44 heavy (non-hydrogen) atoms. The Labute approximate surface area is 271 Å². The summed E-state index contributed by atoms with van der Waals surface area (Å²) in [5, 5.41) is 0. The first kappa shape index (κ1) is 37.8. The second-order valence-corrected chi connectivity index (χ2v) is 12.6. The Kier molecular flexibility index (Phi) is 24.2. The van der Waals surface area contributed by atoms with Gasteiger partial charge in [-0.3, -0.25) is 9.98 Å². The summed E-state index contributed by atoms with van der Waals surface area (Å²) in [6, 6.07) is 11.9. The van der Waals surface area contributed by atoms with Crippen LogP contribution in [-0.2, 0) is 0 Å². The highest BCUT2D eigenvalue weighted by Gasteiger charge is 2.07. The fourth-order valence-corrected chi connectivity index (χ4v) is 5.65. The van der Waals surface area contributed by atoms with Crippen LogP contribution in [0.5, 0.6) is 11.5 Å². The lowest BCUT2D eigenvalue weighted by Crippen LogP contribution is -2.02. The van der Waals surface area contributed by atoms with E-state index >= 15 is 0 Å². The quantitative estimate of drug-likeness (QED) is 0.0656. The Bertz CT molecular complexity index is 930. The van der Waals surface area contributed by atoms with Gasteiger partial charge in [0.05, 0.1) is 30.8 Å². The molecule has 248 valence electrons. The van der Waals surface area contributed by atoms with Crippen molar-refractivity contribution in [1.82, 2.24) is 4.98 Å². The van der Waals surface area contributed by atoms with Crippen LogP contribution >= 0.6 is 0 Å². The van der Waals surface area contributed by atoms with Gasteiger partial charge in [0.2, 0.25) is 0 Å². The van der Waals surface area contributed by atoms with Crippen LogP contribution in [0.2, 0.25) is 0 Å². The molecule has 0 radical (unpaired) electrons. The maximum absolute atomic E-state index is 6.27. The van der Waals surface area contributed by atoms with E-state index < -0.39 is 0 Å². The van der Waals surface area contributed by atoms with Crippen molar-refractivity contribution in [2.75, 3.05) is 13.2 Å². The van der Waals surface area contributed by atoms with E-state index in [1.807, 2.05) is 36.4 Å². The van der Waals surface area contributed by atoms with E-state index in [0.29, 0.717) is 0 Å². The van der Waals surface area contributed by atoms with E-state index in [1.54, 1.807) is 12.4 Å². The van der Waals surface area contributed by atoms with Crippen LogP contribution in [-0.4, -0.2) is 24.4 Å². The molecule has 0 saturated heterocycles. The molecule has 0 amide bonds. The highest BCUT2D eigenvalue weighted by molar-refractivity contribution is 5.79. The topological polar surface area (TPSA) is 43.7 Å². The highest BCUT2D eigenvalue weighted by atomic mass is 16.5. The van der Waals surface area contributed by atoms with Gasteiger partial charge in [0, 0.05) is 12.3 Å². The maximum atomic E-state index is 6.27. The Morgan fingerprint density at radius 2 is 0.977 bits per heavy atom. The molecule has 1 aromatic carbocycles. The minimum Gasteiger partial charge on any atom is -0.490 e. The van der Waals surface area contributed by atoms with Crippen molar-refractivity contribution in [3.05, 3.63) is 48.3 Å². The van der Waals surface area contributed by atoms with E-state index in [0.717, 1.165) is 48.9 Å². The summed E-state index contributed by atoms with van der Waals surface area (Å²) in [4.78, 5) is 8.98. The predicted octanol–water partition coefficient (Wildman–Crippen LogP) is 13.0. The third-order valence-corrected chi connectivity index (χ3v) is 8.47. The maximum Gasteiger partial charge on any atom is 0.163 e. The minimum absolute atomic E-state index is 0.722. The third-order valence-electron chi connectivity index (χ3n) is 8.47. The van der Waals surface area contributed by atoms with E-state index in [1.165, 1.54) is 141 Å². The molecule has 0 aliphatic heterocycles. The first-order valence-corrected chi connectivity index (χ1v) is 18.7. The lowest BCUT2D eigenvalue weighted by molar-refractivity contribution is 0.258. The van der Waals surface area contributed by atoms with Crippen LogP contribution in [0.25, 0.3) is 0 Å². The van der Waals surface area contributed by atoms with Crippen LogP contribution in [0.15, 0.2) is 47.6 Å². The molecule has 1 heterocycles. The minimum atomic E-state index is 0.722. The molecule has 0 fully saturated rings. The van der Waals surface area contributed by atoms with Gasteiger partial charge >= 0.3 is 0 Å². The van der Waals surface area contributed by atoms with Crippen molar-refractivity contribution in [3.8, 4) is 11.5 Å². The summed E-state index contributed by atoms with van der Waals surface area (Å²) < 4.78 is 12.5. The third kappa shape index (κ3) is 20.6. The average Bonchev–Trinajstić information content (AvgIpc) is 3.05. The van der Waals surface area contributed by atoms with Gasteiger partial charge in [0.25, 0.3) is 0 Å². The average molecular weight is 607 g/mol. The fourth-order valence-electron chi connectivity index (χ4n) is 5.65. The number of unbranched alkanes of at least 4 members (excludes halogenated alkanes) is 22. The zero-order valence-corrected chi connectivity index (χ0v) is 28.7. The molecule has 2 aromatic rings. The number of rotatable bonds is 30. The zero-order valence-electron chi connectivity index (χ0n) is 28.7. The Morgan fingerprint density at radius 3 is 1.43 bits per heavy atom. The molecule has 4 heteroatoms. The number of aliphatic imine (C=N–C) groups is 1. The molecule has 0 unspecified atom stereocenters. The molecule has 0 atom stereocenters. The van der Waals surface area contributed by atoms with E-state index in [4.69, 9.17) is 9.47 Å². The normalized spacial score (nSPS) is 11.4. The molecule has 0 saturated carbocycles. The van der Waals surface area contributed by atoms with Crippen molar-refractivity contribution < 1.29 is 9.47 Å². The number of aromatic nitrogens is 1. The van der Waals surface area contributed by atoms with Crippen molar-refractivity contribution >= 4 is 11.9 Å². The van der Waals surface area contributed by atoms with Crippen molar-refractivity contribution in [3.63, 3.8) is 0 Å². The van der Waals surface area contributed by atoms with E-state index in [-0.39, 0.29) is 0 Å². The Morgan fingerprint density at radius 1 is 0.523 bits per heavy atom. The Balaban J connectivity index is 1.66. The predicted molar refractivity (Wildman–Crippen MR) is 191 cm³/mol.